The van der Waals surface area contributed by atoms with Crippen LogP contribution in [-0.2, 0) is 0 Å². The standard InChI is InChI=1S/C10H22FN/c1-5-7-12-9(6-2)8-10(3,4)11/h9,12H,5-8H2,1-4H3. The zero-order valence-electron chi connectivity index (χ0n) is 8.78. The molecule has 0 saturated heterocycles. The van der Waals surface area contributed by atoms with E-state index in [9.17, 15) is 4.39 Å². The fraction of sp³-hybridized carbons (Fsp3) is 1.00. The zero-order chi connectivity index (χ0) is 9.61. The Labute approximate surface area is 75.7 Å². The first-order valence-corrected chi connectivity index (χ1v) is 4.92. The first kappa shape index (κ1) is 11.9. The summed E-state index contributed by atoms with van der Waals surface area (Å²) in [5.41, 5.74) is -1.04. The van der Waals surface area contributed by atoms with Crippen LogP contribution in [0.1, 0.15) is 47.0 Å². The van der Waals surface area contributed by atoms with Gasteiger partial charge in [0.05, 0.1) is 0 Å². The maximum Gasteiger partial charge on any atom is 0.107 e. The second-order valence-electron chi connectivity index (χ2n) is 3.98. The number of halogens is 1. The quantitative estimate of drug-likeness (QED) is 0.654. The van der Waals surface area contributed by atoms with Crippen molar-refractivity contribution in [1.29, 1.82) is 0 Å². The third-order valence-corrected chi connectivity index (χ3v) is 1.91. The molecule has 1 N–H and O–H groups in total. The molecule has 1 nitrogen and oxygen atoms in total. The highest BCUT2D eigenvalue weighted by atomic mass is 19.1. The minimum Gasteiger partial charge on any atom is -0.314 e. The average molecular weight is 175 g/mol. The smallest absolute Gasteiger partial charge is 0.107 e. The molecule has 0 aromatic rings. The van der Waals surface area contributed by atoms with Gasteiger partial charge >= 0.3 is 0 Å². The fourth-order valence-electron chi connectivity index (χ4n) is 1.30. The predicted molar refractivity (Wildman–Crippen MR) is 52.2 cm³/mol. The van der Waals surface area contributed by atoms with E-state index in [0.717, 1.165) is 19.4 Å². The third-order valence-electron chi connectivity index (χ3n) is 1.91. The van der Waals surface area contributed by atoms with Crippen molar-refractivity contribution < 1.29 is 4.39 Å². The van der Waals surface area contributed by atoms with Gasteiger partial charge < -0.3 is 5.32 Å². The first-order chi connectivity index (χ1) is 5.49. The summed E-state index contributed by atoms with van der Waals surface area (Å²) in [5, 5.41) is 3.34. The summed E-state index contributed by atoms with van der Waals surface area (Å²) in [4.78, 5) is 0. The molecule has 0 fully saturated rings. The minimum absolute atomic E-state index is 0.338. The summed E-state index contributed by atoms with van der Waals surface area (Å²) in [5.74, 6) is 0. The molecule has 1 unspecified atom stereocenters. The Morgan fingerprint density at radius 3 is 2.25 bits per heavy atom. The van der Waals surface area contributed by atoms with Gasteiger partial charge in [0.25, 0.3) is 0 Å². The molecule has 0 heterocycles. The lowest BCUT2D eigenvalue weighted by atomic mass is 9.99. The summed E-state index contributed by atoms with van der Waals surface area (Å²) in [6, 6.07) is 0.338. The third kappa shape index (κ3) is 6.59. The maximum absolute atomic E-state index is 13.2. The Balaban J connectivity index is 3.67. The molecule has 0 saturated carbocycles. The lowest BCUT2D eigenvalue weighted by Gasteiger charge is -2.22. The second kappa shape index (κ2) is 5.52. The molecule has 12 heavy (non-hydrogen) atoms. The number of nitrogens with one attached hydrogen (secondary N) is 1. The summed E-state index contributed by atoms with van der Waals surface area (Å²) in [6.07, 6.45) is 2.74. The van der Waals surface area contributed by atoms with Crippen LogP contribution in [0.3, 0.4) is 0 Å². The van der Waals surface area contributed by atoms with Gasteiger partial charge in [-0.3, -0.25) is 0 Å². The van der Waals surface area contributed by atoms with E-state index >= 15 is 0 Å². The monoisotopic (exact) mass is 175 g/mol. The van der Waals surface area contributed by atoms with E-state index in [-0.39, 0.29) is 0 Å². The SMILES string of the molecule is CCCNC(CC)CC(C)(C)F. The van der Waals surface area contributed by atoms with Crippen LogP contribution in [0, 0.1) is 0 Å². The zero-order valence-corrected chi connectivity index (χ0v) is 8.78. The molecule has 0 amide bonds. The van der Waals surface area contributed by atoms with E-state index in [1.807, 2.05) is 0 Å². The normalized spacial score (nSPS) is 14.8. The van der Waals surface area contributed by atoms with Crippen molar-refractivity contribution in [1.82, 2.24) is 5.32 Å². The molecule has 74 valence electrons. The van der Waals surface area contributed by atoms with Crippen LogP contribution in [0.4, 0.5) is 4.39 Å². The van der Waals surface area contributed by atoms with Gasteiger partial charge in [0.15, 0.2) is 0 Å². The average Bonchev–Trinajstić information content (AvgIpc) is 1.95. The summed E-state index contributed by atoms with van der Waals surface area (Å²) in [6.45, 7) is 8.50. The van der Waals surface area contributed by atoms with Crippen LogP contribution in [-0.4, -0.2) is 18.3 Å². The Hall–Kier alpha value is -0.110. The molecule has 1 atom stereocenters. The van der Waals surface area contributed by atoms with Crippen LogP contribution in [0.25, 0.3) is 0 Å². The first-order valence-electron chi connectivity index (χ1n) is 4.92. The van der Waals surface area contributed by atoms with Crippen LogP contribution < -0.4 is 5.32 Å². The number of rotatable bonds is 6. The minimum atomic E-state index is -1.04. The van der Waals surface area contributed by atoms with Gasteiger partial charge in [-0.25, -0.2) is 4.39 Å². The van der Waals surface area contributed by atoms with Crippen LogP contribution in [0.15, 0.2) is 0 Å². The molecular formula is C10H22FN. The Bertz CT molecular complexity index is 107. The lowest BCUT2D eigenvalue weighted by molar-refractivity contribution is 0.176. The van der Waals surface area contributed by atoms with Crippen molar-refractivity contribution in [3.05, 3.63) is 0 Å². The van der Waals surface area contributed by atoms with Gasteiger partial charge in [-0.2, -0.15) is 0 Å². The number of hydrogen-bond donors (Lipinski definition) is 1. The van der Waals surface area contributed by atoms with Crippen molar-refractivity contribution in [2.75, 3.05) is 6.54 Å². The van der Waals surface area contributed by atoms with E-state index in [1.54, 1.807) is 13.8 Å². The molecule has 0 radical (unpaired) electrons. The van der Waals surface area contributed by atoms with E-state index in [1.165, 1.54) is 0 Å². The van der Waals surface area contributed by atoms with Gasteiger partial charge in [0, 0.05) is 6.04 Å². The molecule has 0 aromatic heterocycles. The number of hydrogen-bond acceptors (Lipinski definition) is 1. The van der Waals surface area contributed by atoms with Gasteiger partial charge in [-0.15, -0.1) is 0 Å². The van der Waals surface area contributed by atoms with Gasteiger partial charge in [-0.1, -0.05) is 13.8 Å². The van der Waals surface area contributed by atoms with E-state index in [0.29, 0.717) is 12.5 Å². The fourth-order valence-corrected chi connectivity index (χ4v) is 1.30. The topological polar surface area (TPSA) is 12.0 Å². The largest absolute Gasteiger partial charge is 0.314 e. The van der Waals surface area contributed by atoms with Crippen molar-refractivity contribution >= 4 is 0 Å². The molecule has 0 aliphatic carbocycles. The van der Waals surface area contributed by atoms with E-state index in [2.05, 4.69) is 19.2 Å². The van der Waals surface area contributed by atoms with E-state index in [4.69, 9.17) is 0 Å². The Kier molecular flexibility index (Phi) is 5.47. The molecule has 0 bridgehead atoms. The molecule has 0 aliphatic rings. The second-order valence-corrected chi connectivity index (χ2v) is 3.98. The van der Waals surface area contributed by atoms with Crippen molar-refractivity contribution in [2.24, 2.45) is 0 Å². The van der Waals surface area contributed by atoms with Crippen molar-refractivity contribution in [3.63, 3.8) is 0 Å². The van der Waals surface area contributed by atoms with Crippen molar-refractivity contribution in [2.45, 2.75) is 58.7 Å². The highest BCUT2D eigenvalue weighted by Gasteiger charge is 2.20. The maximum atomic E-state index is 13.2. The van der Waals surface area contributed by atoms with Gasteiger partial charge in [-0.05, 0) is 39.7 Å². The van der Waals surface area contributed by atoms with Crippen LogP contribution >= 0.6 is 0 Å². The molecule has 0 aromatic carbocycles. The lowest BCUT2D eigenvalue weighted by Crippen LogP contribution is -2.34. The molecule has 0 spiro atoms. The van der Waals surface area contributed by atoms with Crippen LogP contribution in [0.2, 0.25) is 0 Å². The summed E-state index contributed by atoms with van der Waals surface area (Å²) >= 11 is 0. The molecule has 0 aliphatic heterocycles. The molecular weight excluding hydrogens is 153 g/mol. The molecule has 0 rings (SSSR count). The molecule has 2 heteroatoms. The Morgan fingerprint density at radius 1 is 1.33 bits per heavy atom. The number of alkyl halides is 1. The van der Waals surface area contributed by atoms with E-state index < -0.39 is 5.67 Å². The summed E-state index contributed by atoms with van der Waals surface area (Å²) < 4.78 is 13.2. The van der Waals surface area contributed by atoms with Crippen LogP contribution in [0.5, 0.6) is 0 Å². The summed E-state index contributed by atoms with van der Waals surface area (Å²) in [7, 11) is 0. The predicted octanol–water partition coefficient (Wildman–Crippen LogP) is 2.90. The highest BCUT2D eigenvalue weighted by Crippen LogP contribution is 2.17. The highest BCUT2D eigenvalue weighted by molar-refractivity contribution is 4.75. The Morgan fingerprint density at radius 2 is 1.92 bits per heavy atom. The van der Waals surface area contributed by atoms with Crippen molar-refractivity contribution in [3.8, 4) is 0 Å². The van der Waals surface area contributed by atoms with Gasteiger partial charge in [0.1, 0.15) is 5.67 Å². The van der Waals surface area contributed by atoms with Gasteiger partial charge in [0.2, 0.25) is 0 Å².